The fourth-order valence-corrected chi connectivity index (χ4v) is 4.76. The third-order valence-electron chi connectivity index (χ3n) is 6.06. The summed E-state index contributed by atoms with van der Waals surface area (Å²) in [6.45, 7) is 1.94. The average Bonchev–Trinajstić information content (AvgIpc) is 3.50. The van der Waals surface area contributed by atoms with Crippen LogP contribution in [0.5, 0.6) is 0 Å². The smallest absolute Gasteiger partial charge is 0.209 e. The van der Waals surface area contributed by atoms with Gasteiger partial charge in [-0.2, -0.15) is 5.10 Å². The number of sulfonamides is 1. The third-order valence-corrected chi connectivity index (χ3v) is 6.72. The first kappa shape index (κ1) is 23.8. The van der Waals surface area contributed by atoms with Gasteiger partial charge in [-0.1, -0.05) is 0 Å². The Morgan fingerprint density at radius 1 is 0.947 bits per heavy atom. The predicted molar refractivity (Wildman–Crippen MR) is 142 cm³/mol. The molecule has 0 spiro atoms. The maximum atomic E-state index is 14.5. The molecular weight excluding hydrogens is 507 g/mol. The summed E-state index contributed by atoms with van der Waals surface area (Å²) in [6.07, 6.45) is 9.63. The molecule has 0 fully saturated rings. The number of halogens is 1. The lowest BCUT2D eigenvalue weighted by atomic mass is 10.0. The zero-order chi connectivity index (χ0) is 26.4. The van der Waals surface area contributed by atoms with Gasteiger partial charge in [-0.15, -0.1) is 0 Å². The normalized spacial score (nSPS) is 12.0. The molecule has 0 radical (unpaired) electrons. The van der Waals surface area contributed by atoms with E-state index >= 15 is 0 Å². The highest BCUT2D eigenvalue weighted by Crippen LogP contribution is 2.32. The first-order valence-electron chi connectivity index (χ1n) is 11.6. The number of imidazole rings is 1. The van der Waals surface area contributed by atoms with Gasteiger partial charge < -0.3 is 4.98 Å². The molecule has 12 heteroatoms. The molecule has 3 N–H and O–H groups in total. The lowest BCUT2D eigenvalue weighted by Crippen LogP contribution is -2.21. The van der Waals surface area contributed by atoms with Gasteiger partial charge in [0, 0.05) is 48.0 Å². The van der Waals surface area contributed by atoms with Crippen molar-refractivity contribution in [2.24, 2.45) is 0 Å². The number of benzene rings is 1. The van der Waals surface area contributed by atoms with Gasteiger partial charge in [0.25, 0.3) is 0 Å². The van der Waals surface area contributed by atoms with E-state index in [0.717, 1.165) is 28.3 Å². The number of fused-ring (bicyclic) bond motifs is 2. The Labute approximate surface area is 216 Å². The van der Waals surface area contributed by atoms with Crippen LogP contribution < -0.4 is 4.72 Å². The number of aromatic amines is 2. The van der Waals surface area contributed by atoms with Gasteiger partial charge in [0.05, 0.1) is 28.9 Å². The average molecular weight is 529 g/mol. The third kappa shape index (κ3) is 4.62. The summed E-state index contributed by atoms with van der Waals surface area (Å²) in [4.78, 5) is 21.1. The van der Waals surface area contributed by atoms with E-state index in [1.807, 2.05) is 19.1 Å². The number of rotatable bonds is 6. The molecule has 6 rings (SSSR count). The van der Waals surface area contributed by atoms with E-state index in [0.29, 0.717) is 44.9 Å². The van der Waals surface area contributed by atoms with Crippen LogP contribution in [0.15, 0.2) is 61.3 Å². The van der Waals surface area contributed by atoms with Crippen molar-refractivity contribution in [2.75, 3.05) is 6.26 Å². The summed E-state index contributed by atoms with van der Waals surface area (Å²) < 4.78 is 39.9. The molecule has 0 bridgehead atoms. The second-order valence-electron chi connectivity index (χ2n) is 9.05. The molecule has 190 valence electrons. The van der Waals surface area contributed by atoms with E-state index in [2.05, 4.69) is 34.9 Å². The Kier molecular flexibility index (Phi) is 5.69. The van der Waals surface area contributed by atoms with Crippen LogP contribution in [0.3, 0.4) is 0 Å². The molecule has 5 heterocycles. The highest BCUT2D eigenvalue weighted by molar-refractivity contribution is 7.88. The molecule has 0 saturated heterocycles. The number of aryl methyl sites for hydroxylation is 1. The minimum atomic E-state index is -3.43. The van der Waals surface area contributed by atoms with Crippen molar-refractivity contribution in [1.29, 1.82) is 0 Å². The molecule has 6 aromatic rings. The largest absolute Gasteiger partial charge is 0.335 e. The van der Waals surface area contributed by atoms with E-state index in [9.17, 15) is 12.8 Å². The summed E-state index contributed by atoms with van der Waals surface area (Å²) in [5.74, 6) is 0.0257. The monoisotopic (exact) mass is 528 g/mol. The van der Waals surface area contributed by atoms with Crippen LogP contribution in [0.1, 0.15) is 11.1 Å². The second-order valence-corrected chi connectivity index (χ2v) is 10.9. The van der Waals surface area contributed by atoms with Crippen molar-refractivity contribution in [1.82, 2.24) is 39.8 Å². The van der Waals surface area contributed by atoms with Crippen LogP contribution in [0.2, 0.25) is 0 Å². The van der Waals surface area contributed by atoms with E-state index in [1.54, 1.807) is 37.1 Å². The molecule has 0 unspecified atom stereocenters. The van der Waals surface area contributed by atoms with Crippen LogP contribution in [0, 0.1) is 12.7 Å². The predicted octanol–water partition coefficient (Wildman–Crippen LogP) is 4.12. The van der Waals surface area contributed by atoms with Crippen LogP contribution in [0.4, 0.5) is 4.39 Å². The molecule has 1 aromatic carbocycles. The zero-order valence-electron chi connectivity index (χ0n) is 20.3. The minimum absolute atomic E-state index is 0.0370. The SMILES string of the molecule is Cc1cncc(-c2cnc3n[nH]c(-c4nc5c(-c6cc(F)cc(CNS(C)(=O)=O)c6)cncc5[nH]4)c3c2)c1. The van der Waals surface area contributed by atoms with Gasteiger partial charge in [-0.25, -0.2) is 27.5 Å². The van der Waals surface area contributed by atoms with Crippen LogP contribution in [0.25, 0.3) is 55.8 Å². The number of nitrogens with zero attached hydrogens (tertiary/aromatic N) is 5. The minimum Gasteiger partial charge on any atom is -0.335 e. The Bertz CT molecular complexity index is 1950. The number of pyridine rings is 3. The zero-order valence-corrected chi connectivity index (χ0v) is 21.1. The van der Waals surface area contributed by atoms with Gasteiger partial charge in [0.15, 0.2) is 11.5 Å². The lowest BCUT2D eigenvalue weighted by molar-refractivity contribution is 0.586. The fraction of sp³-hybridized carbons (Fsp3) is 0.115. The van der Waals surface area contributed by atoms with Crippen molar-refractivity contribution >= 4 is 32.1 Å². The summed E-state index contributed by atoms with van der Waals surface area (Å²) in [7, 11) is -3.43. The number of hydrogen-bond donors (Lipinski definition) is 3. The van der Waals surface area contributed by atoms with Crippen molar-refractivity contribution < 1.29 is 12.8 Å². The molecule has 0 aliphatic heterocycles. The van der Waals surface area contributed by atoms with Gasteiger partial charge in [0.2, 0.25) is 10.0 Å². The summed E-state index contributed by atoms with van der Waals surface area (Å²) in [5, 5.41) is 8.13. The quantitative estimate of drug-likeness (QED) is 0.295. The first-order valence-corrected chi connectivity index (χ1v) is 13.5. The Hall–Kier alpha value is -4.55. The Morgan fingerprint density at radius 2 is 1.76 bits per heavy atom. The van der Waals surface area contributed by atoms with Crippen molar-refractivity contribution in [2.45, 2.75) is 13.5 Å². The van der Waals surface area contributed by atoms with Gasteiger partial charge in [-0.3, -0.25) is 15.1 Å². The number of nitrogens with one attached hydrogen (secondary N) is 3. The van der Waals surface area contributed by atoms with Crippen LogP contribution in [-0.4, -0.2) is 49.8 Å². The molecule has 0 saturated carbocycles. The van der Waals surface area contributed by atoms with Crippen LogP contribution >= 0.6 is 0 Å². The highest BCUT2D eigenvalue weighted by Gasteiger charge is 2.17. The summed E-state index contributed by atoms with van der Waals surface area (Å²) in [5.41, 5.74) is 6.88. The molecule has 38 heavy (non-hydrogen) atoms. The first-order chi connectivity index (χ1) is 18.2. The van der Waals surface area contributed by atoms with E-state index in [4.69, 9.17) is 4.98 Å². The molecule has 5 aromatic heterocycles. The fourth-order valence-electron chi connectivity index (χ4n) is 4.34. The Morgan fingerprint density at radius 3 is 2.58 bits per heavy atom. The maximum Gasteiger partial charge on any atom is 0.209 e. The van der Waals surface area contributed by atoms with Crippen molar-refractivity contribution in [3.8, 4) is 33.8 Å². The van der Waals surface area contributed by atoms with E-state index < -0.39 is 15.8 Å². The Balaban J connectivity index is 1.43. The second kappa shape index (κ2) is 9.08. The number of hydrogen-bond acceptors (Lipinski definition) is 7. The van der Waals surface area contributed by atoms with E-state index in [-0.39, 0.29) is 6.54 Å². The van der Waals surface area contributed by atoms with E-state index in [1.165, 1.54) is 12.1 Å². The van der Waals surface area contributed by atoms with Crippen molar-refractivity contribution in [3.05, 3.63) is 78.3 Å². The molecule has 0 aliphatic carbocycles. The molecular formula is C26H21FN8O2S. The standard InChI is InChI=1S/C26H21FN8O2S/c1-14-3-17(10-28-8-14)18-7-20-24(34-35-25(20)30-11-18)26-32-22-13-29-12-21(23(22)33-26)16-4-15(5-19(27)6-16)9-31-38(2,36)37/h3-8,10-13,31H,9H2,1-2H3,(H,32,33)(H,30,34,35). The summed E-state index contributed by atoms with van der Waals surface area (Å²) >= 11 is 0. The lowest BCUT2D eigenvalue weighted by Gasteiger charge is -2.07. The number of aromatic nitrogens is 7. The van der Waals surface area contributed by atoms with Gasteiger partial charge in [-0.05, 0) is 53.9 Å². The molecule has 0 atom stereocenters. The molecule has 0 amide bonds. The molecule has 0 aliphatic rings. The van der Waals surface area contributed by atoms with Crippen LogP contribution in [-0.2, 0) is 16.6 Å². The molecule has 10 nitrogen and oxygen atoms in total. The van der Waals surface area contributed by atoms with Gasteiger partial charge >= 0.3 is 0 Å². The topological polar surface area (TPSA) is 142 Å². The highest BCUT2D eigenvalue weighted by atomic mass is 32.2. The van der Waals surface area contributed by atoms with Crippen molar-refractivity contribution in [3.63, 3.8) is 0 Å². The summed E-state index contributed by atoms with van der Waals surface area (Å²) in [6, 6.07) is 8.39. The maximum absolute atomic E-state index is 14.5. The number of H-pyrrole nitrogens is 2. The van der Waals surface area contributed by atoms with Gasteiger partial charge in [0.1, 0.15) is 11.5 Å².